The summed E-state index contributed by atoms with van der Waals surface area (Å²) in [5.41, 5.74) is 10.3. The molecule has 0 aromatic heterocycles. The van der Waals surface area contributed by atoms with Crippen molar-refractivity contribution in [2.45, 2.75) is 292 Å². The summed E-state index contributed by atoms with van der Waals surface area (Å²) in [5, 5.41) is 0. The van der Waals surface area contributed by atoms with Crippen LogP contribution in [0.1, 0.15) is 289 Å². The Labute approximate surface area is 393 Å². The van der Waals surface area contributed by atoms with Crippen LogP contribution >= 0.6 is 0 Å². The topological polar surface area (TPSA) is 24.7 Å². The van der Waals surface area contributed by atoms with Crippen LogP contribution in [0, 0.1) is 0 Å². The summed E-state index contributed by atoms with van der Waals surface area (Å²) >= 11 is 0. The van der Waals surface area contributed by atoms with E-state index in [9.17, 15) is 0 Å². The second-order valence-electron chi connectivity index (χ2n) is 19.6. The lowest BCUT2D eigenvalue weighted by atomic mass is 9.99. The highest BCUT2D eigenvalue weighted by molar-refractivity contribution is 6.47. The third kappa shape index (κ3) is 30.4. The van der Waals surface area contributed by atoms with E-state index in [0.717, 1.165) is 74.2 Å². The molecule has 358 valence electrons. The van der Waals surface area contributed by atoms with Gasteiger partial charge in [-0.25, -0.2) is 4.99 Å². The Kier molecular flexibility index (Phi) is 36.9. The number of benzene rings is 2. The van der Waals surface area contributed by atoms with E-state index in [2.05, 4.69) is 90.1 Å². The zero-order chi connectivity index (χ0) is 45.3. The number of hydrogen-bond acceptors (Lipinski definition) is 2. The Bertz CT molecular complexity index is 1390. The summed E-state index contributed by atoms with van der Waals surface area (Å²) in [7, 11) is 0. The average molecular weight is 866 g/mol. The summed E-state index contributed by atoms with van der Waals surface area (Å²) in [6.45, 7) is 13.9. The Balaban J connectivity index is 2.16. The summed E-state index contributed by atoms with van der Waals surface area (Å²) < 4.78 is 0. The lowest BCUT2D eigenvalue weighted by Crippen LogP contribution is -2.12. The van der Waals surface area contributed by atoms with Crippen LogP contribution in [0.5, 0.6) is 0 Å². The Morgan fingerprint density at radius 2 is 0.635 bits per heavy atom. The third-order valence-electron chi connectivity index (χ3n) is 13.2. The first-order valence-corrected chi connectivity index (χ1v) is 28.1. The van der Waals surface area contributed by atoms with Gasteiger partial charge in [-0.15, -0.1) is 0 Å². The van der Waals surface area contributed by atoms with E-state index in [1.807, 2.05) is 0 Å². The van der Waals surface area contributed by atoms with Crippen molar-refractivity contribution in [3.05, 3.63) is 70.8 Å². The number of nitrogens with zero attached hydrogens (tertiary/aromatic N) is 2. The van der Waals surface area contributed by atoms with Gasteiger partial charge in [-0.05, 0) is 130 Å². The van der Waals surface area contributed by atoms with Crippen LogP contribution in [-0.4, -0.2) is 11.4 Å². The van der Waals surface area contributed by atoms with Crippen molar-refractivity contribution in [3.8, 4) is 0 Å². The highest BCUT2D eigenvalue weighted by atomic mass is 14.8. The van der Waals surface area contributed by atoms with Crippen molar-refractivity contribution in [2.75, 3.05) is 0 Å². The molecule has 0 unspecified atom stereocenters. The van der Waals surface area contributed by atoms with E-state index < -0.39 is 0 Å². The maximum atomic E-state index is 5.58. The predicted molar refractivity (Wildman–Crippen MR) is 287 cm³/mol. The van der Waals surface area contributed by atoms with Gasteiger partial charge in [-0.2, -0.15) is 0 Å². The SMILES string of the molecule is CCCCCCCCCCCCCCCCCCCCCC=CC(=Nc1cc(CCCCC)cc(CCCCC)c1)C(CCCC)=Nc1cc(CCCCC)cc(CCCCC)c1. The fourth-order valence-electron chi connectivity index (χ4n) is 9.12. The van der Waals surface area contributed by atoms with Crippen LogP contribution in [0.3, 0.4) is 0 Å². The van der Waals surface area contributed by atoms with Crippen LogP contribution < -0.4 is 0 Å². The number of rotatable bonds is 43. The molecular weight excluding hydrogens is 761 g/mol. The van der Waals surface area contributed by atoms with Crippen molar-refractivity contribution >= 4 is 22.8 Å². The van der Waals surface area contributed by atoms with Gasteiger partial charge in [0.15, 0.2) is 0 Å². The van der Waals surface area contributed by atoms with Crippen molar-refractivity contribution < 1.29 is 0 Å². The maximum Gasteiger partial charge on any atom is 0.0848 e. The van der Waals surface area contributed by atoms with Gasteiger partial charge in [0, 0.05) is 0 Å². The molecule has 63 heavy (non-hydrogen) atoms. The molecule has 2 heteroatoms. The molecule has 0 aliphatic heterocycles. The lowest BCUT2D eigenvalue weighted by Gasteiger charge is -2.12. The zero-order valence-corrected chi connectivity index (χ0v) is 43.1. The first-order valence-electron chi connectivity index (χ1n) is 28.1. The average Bonchev–Trinajstić information content (AvgIpc) is 3.28. The number of unbranched alkanes of at least 4 members (excludes halogenated alkanes) is 28. The van der Waals surface area contributed by atoms with Gasteiger partial charge in [0.2, 0.25) is 0 Å². The lowest BCUT2D eigenvalue weighted by molar-refractivity contribution is 0.523. The molecule has 0 spiro atoms. The van der Waals surface area contributed by atoms with Crippen LogP contribution in [0.2, 0.25) is 0 Å². The molecule has 2 aromatic rings. The van der Waals surface area contributed by atoms with Crippen LogP contribution in [0.15, 0.2) is 58.5 Å². The van der Waals surface area contributed by atoms with Gasteiger partial charge in [0.25, 0.3) is 0 Å². The number of aryl methyl sites for hydroxylation is 4. The first-order chi connectivity index (χ1) is 31.1. The van der Waals surface area contributed by atoms with Gasteiger partial charge >= 0.3 is 0 Å². The zero-order valence-electron chi connectivity index (χ0n) is 43.1. The fourth-order valence-corrected chi connectivity index (χ4v) is 9.12. The third-order valence-corrected chi connectivity index (χ3v) is 13.2. The molecule has 2 nitrogen and oxygen atoms in total. The fraction of sp³-hybridized carbons (Fsp3) is 0.738. The van der Waals surface area contributed by atoms with Gasteiger partial charge in [0.1, 0.15) is 0 Å². The van der Waals surface area contributed by atoms with E-state index in [4.69, 9.17) is 9.98 Å². The van der Waals surface area contributed by atoms with Gasteiger partial charge in [-0.3, -0.25) is 4.99 Å². The minimum Gasteiger partial charge on any atom is -0.251 e. The molecule has 2 rings (SSSR count). The molecule has 0 aliphatic carbocycles. The summed E-state index contributed by atoms with van der Waals surface area (Å²) in [6.07, 6.45) is 56.0. The molecule has 0 saturated carbocycles. The van der Waals surface area contributed by atoms with E-state index in [1.165, 1.54) is 221 Å². The Hall–Kier alpha value is -2.48. The number of allylic oxidation sites excluding steroid dienone is 2. The second-order valence-corrected chi connectivity index (χ2v) is 19.6. The van der Waals surface area contributed by atoms with Crippen molar-refractivity contribution in [3.63, 3.8) is 0 Å². The molecule has 0 N–H and O–H groups in total. The summed E-state index contributed by atoms with van der Waals surface area (Å²) in [4.78, 5) is 11.1. The minimum atomic E-state index is 0.962. The molecule has 2 aromatic carbocycles. The van der Waals surface area contributed by atoms with E-state index in [-0.39, 0.29) is 0 Å². The van der Waals surface area contributed by atoms with E-state index in [1.54, 1.807) is 0 Å². The standard InChI is InChI=1S/C61H104N2/c1-7-13-19-20-21-22-23-24-25-26-27-28-29-30-31-32-33-34-35-36-41-47-61(63-59-52-56(44-39-16-10-4)49-57(53-59)45-40-17-11-5)60(46-18-12-6)62-58-50-54(42-37-14-8-2)48-55(51-58)43-38-15-9-3/h41,47-53H,7-40,42-46H2,1-6H3. The van der Waals surface area contributed by atoms with Crippen molar-refractivity contribution in [2.24, 2.45) is 9.98 Å². The predicted octanol–water partition coefficient (Wildman–Crippen LogP) is 21.0. The molecule has 0 bridgehead atoms. The molecule has 0 fully saturated rings. The summed E-state index contributed by atoms with van der Waals surface area (Å²) in [5.74, 6) is 0. The highest BCUT2D eigenvalue weighted by Gasteiger charge is 2.11. The molecule has 0 heterocycles. The van der Waals surface area contributed by atoms with Crippen molar-refractivity contribution in [1.29, 1.82) is 0 Å². The molecular formula is C61H104N2. The molecule has 0 aliphatic rings. The number of aliphatic imine (C=N–C) groups is 2. The van der Waals surface area contributed by atoms with Gasteiger partial charge < -0.3 is 0 Å². The van der Waals surface area contributed by atoms with Crippen molar-refractivity contribution in [1.82, 2.24) is 0 Å². The number of hydrogen-bond donors (Lipinski definition) is 0. The van der Waals surface area contributed by atoms with Crippen LogP contribution in [0.25, 0.3) is 0 Å². The second kappa shape index (κ2) is 41.0. The Morgan fingerprint density at radius 3 is 0.984 bits per heavy atom. The normalized spacial score (nSPS) is 12.3. The van der Waals surface area contributed by atoms with Crippen LogP contribution in [-0.2, 0) is 25.7 Å². The minimum absolute atomic E-state index is 0.962. The van der Waals surface area contributed by atoms with Gasteiger partial charge in [-0.1, -0.05) is 233 Å². The van der Waals surface area contributed by atoms with Crippen LogP contribution in [0.4, 0.5) is 11.4 Å². The first kappa shape index (κ1) is 56.6. The largest absolute Gasteiger partial charge is 0.251 e. The molecule has 0 atom stereocenters. The monoisotopic (exact) mass is 865 g/mol. The van der Waals surface area contributed by atoms with Gasteiger partial charge in [0.05, 0.1) is 22.8 Å². The quantitative estimate of drug-likeness (QED) is 0.0469. The highest BCUT2D eigenvalue weighted by Crippen LogP contribution is 2.26. The van der Waals surface area contributed by atoms with E-state index >= 15 is 0 Å². The Morgan fingerprint density at radius 1 is 0.333 bits per heavy atom. The molecule has 0 radical (unpaired) electrons. The smallest absolute Gasteiger partial charge is 0.0848 e. The molecule has 0 saturated heterocycles. The molecule has 0 amide bonds. The summed E-state index contributed by atoms with van der Waals surface area (Å²) in [6, 6.07) is 14.5. The van der Waals surface area contributed by atoms with E-state index in [0.29, 0.717) is 0 Å². The maximum absolute atomic E-state index is 5.58.